The molecule has 2 aromatic carbocycles. The zero-order valence-corrected chi connectivity index (χ0v) is 19.0. The number of carbonyl (C=O) groups excluding carboxylic acids is 1. The fourth-order valence-corrected chi connectivity index (χ4v) is 4.80. The largest absolute Gasteiger partial charge is 0.369 e. The van der Waals surface area contributed by atoms with Crippen LogP contribution in [0, 0.1) is 6.92 Å². The number of aromatic nitrogens is 2. The van der Waals surface area contributed by atoms with Crippen LogP contribution in [0.1, 0.15) is 15.9 Å². The smallest absolute Gasteiger partial charge is 0.189 e. The first-order valence-electron chi connectivity index (χ1n) is 10.7. The number of thiazole rings is 1. The van der Waals surface area contributed by atoms with Crippen molar-refractivity contribution < 1.29 is 4.79 Å². The van der Waals surface area contributed by atoms with Gasteiger partial charge in [-0.3, -0.25) is 4.79 Å². The van der Waals surface area contributed by atoms with Gasteiger partial charge in [-0.05, 0) is 61.5 Å². The third-order valence-corrected chi connectivity index (χ3v) is 6.84. The van der Waals surface area contributed by atoms with Crippen molar-refractivity contribution in [2.24, 2.45) is 0 Å². The van der Waals surface area contributed by atoms with Crippen LogP contribution in [0.3, 0.4) is 0 Å². The highest BCUT2D eigenvalue weighted by atomic mass is 32.1. The second-order valence-electron chi connectivity index (χ2n) is 8.22. The van der Waals surface area contributed by atoms with Gasteiger partial charge in [0.25, 0.3) is 0 Å². The number of fused-ring (bicyclic) bond motifs is 1. The molecule has 3 heterocycles. The van der Waals surface area contributed by atoms with Crippen molar-refractivity contribution in [1.29, 1.82) is 0 Å². The molecule has 32 heavy (non-hydrogen) atoms. The number of anilines is 3. The highest BCUT2D eigenvalue weighted by Gasteiger charge is 2.14. The highest BCUT2D eigenvalue weighted by molar-refractivity contribution is 7.21. The van der Waals surface area contributed by atoms with Crippen molar-refractivity contribution in [1.82, 2.24) is 14.9 Å². The van der Waals surface area contributed by atoms with Gasteiger partial charge >= 0.3 is 0 Å². The zero-order valence-electron chi connectivity index (χ0n) is 18.2. The summed E-state index contributed by atoms with van der Waals surface area (Å²) in [4.78, 5) is 26.2. The number of nitrogens with zero attached hydrogens (tertiary/aromatic N) is 4. The molecular formula is C25H25N5OS. The van der Waals surface area contributed by atoms with E-state index in [2.05, 4.69) is 51.4 Å². The molecule has 0 atom stereocenters. The Kier molecular flexibility index (Phi) is 5.59. The Morgan fingerprint density at radius 2 is 1.81 bits per heavy atom. The topological polar surface area (TPSA) is 61.4 Å². The first-order valence-corrected chi connectivity index (χ1v) is 11.5. The molecule has 2 aromatic heterocycles. The summed E-state index contributed by atoms with van der Waals surface area (Å²) in [7, 11) is 2.17. The Morgan fingerprint density at radius 1 is 1.03 bits per heavy atom. The van der Waals surface area contributed by atoms with Crippen LogP contribution in [0.5, 0.6) is 0 Å². The normalized spacial score (nSPS) is 14.6. The van der Waals surface area contributed by atoms with Gasteiger partial charge in [-0.2, -0.15) is 0 Å². The summed E-state index contributed by atoms with van der Waals surface area (Å²) in [5, 5.41) is 4.23. The second kappa shape index (κ2) is 8.68. The summed E-state index contributed by atoms with van der Waals surface area (Å²) >= 11 is 1.53. The van der Waals surface area contributed by atoms with Crippen LogP contribution < -0.4 is 10.2 Å². The molecule has 1 saturated heterocycles. The SMILES string of the molecule is Cc1ccc(C=O)cc1-c1cnc2sc(Nc3ccc(N4CCN(C)CC4)cc3)nc2c1. The number of pyridine rings is 1. The Morgan fingerprint density at radius 3 is 2.56 bits per heavy atom. The molecule has 0 radical (unpaired) electrons. The van der Waals surface area contributed by atoms with E-state index in [-0.39, 0.29) is 0 Å². The molecule has 1 aliphatic rings. The number of nitrogens with one attached hydrogen (secondary N) is 1. The third-order valence-electron chi connectivity index (χ3n) is 5.94. The van der Waals surface area contributed by atoms with Crippen LogP contribution in [-0.4, -0.2) is 54.4 Å². The average Bonchev–Trinajstić information content (AvgIpc) is 3.22. The van der Waals surface area contributed by atoms with Crippen LogP contribution in [0.4, 0.5) is 16.5 Å². The molecule has 0 unspecified atom stereocenters. The van der Waals surface area contributed by atoms with Crippen LogP contribution in [0.25, 0.3) is 21.5 Å². The summed E-state index contributed by atoms with van der Waals surface area (Å²) in [5.41, 5.74) is 6.85. The predicted octanol–water partition coefficient (Wildman–Crippen LogP) is 4.97. The molecule has 4 aromatic rings. The lowest BCUT2D eigenvalue weighted by molar-refractivity contribution is 0.112. The van der Waals surface area contributed by atoms with E-state index in [1.54, 1.807) is 0 Å². The van der Waals surface area contributed by atoms with Crippen LogP contribution in [-0.2, 0) is 0 Å². The van der Waals surface area contributed by atoms with Crippen molar-refractivity contribution in [3.63, 3.8) is 0 Å². The van der Waals surface area contributed by atoms with E-state index in [0.717, 1.165) is 70.3 Å². The summed E-state index contributed by atoms with van der Waals surface area (Å²) in [6, 6.07) is 16.3. The number of carbonyl (C=O) groups is 1. The molecule has 1 fully saturated rings. The molecular weight excluding hydrogens is 418 g/mol. The fraction of sp³-hybridized carbons (Fsp3) is 0.240. The minimum Gasteiger partial charge on any atom is -0.369 e. The van der Waals surface area contributed by atoms with E-state index >= 15 is 0 Å². The molecule has 0 aliphatic carbocycles. The predicted molar refractivity (Wildman–Crippen MR) is 132 cm³/mol. The number of aryl methyl sites for hydroxylation is 1. The van der Waals surface area contributed by atoms with E-state index < -0.39 is 0 Å². The first-order chi connectivity index (χ1) is 15.6. The van der Waals surface area contributed by atoms with Gasteiger partial charge in [0.15, 0.2) is 5.13 Å². The third kappa shape index (κ3) is 4.22. The molecule has 1 N–H and O–H groups in total. The van der Waals surface area contributed by atoms with Gasteiger partial charge in [0.05, 0.1) is 0 Å². The minimum absolute atomic E-state index is 0.659. The highest BCUT2D eigenvalue weighted by Crippen LogP contribution is 2.31. The van der Waals surface area contributed by atoms with E-state index in [1.165, 1.54) is 17.0 Å². The van der Waals surface area contributed by atoms with Crippen molar-refractivity contribution >= 4 is 44.5 Å². The van der Waals surface area contributed by atoms with E-state index in [9.17, 15) is 4.79 Å². The lowest BCUT2D eigenvalue weighted by atomic mass is 10.00. The van der Waals surface area contributed by atoms with Crippen LogP contribution >= 0.6 is 11.3 Å². The number of rotatable bonds is 5. The molecule has 0 bridgehead atoms. The maximum absolute atomic E-state index is 11.2. The van der Waals surface area contributed by atoms with Gasteiger partial charge < -0.3 is 15.1 Å². The zero-order chi connectivity index (χ0) is 22.1. The number of aldehydes is 1. The number of piperazine rings is 1. The lowest BCUT2D eigenvalue weighted by Gasteiger charge is -2.34. The van der Waals surface area contributed by atoms with Gasteiger partial charge in [0, 0.05) is 54.9 Å². The van der Waals surface area contributed by atoms with E-state index in [0.29, 0.717) is 5.56 Å². The van der Waals surface area contributed by atoms with Gasteiger partial charge in [-0.25, -0.2) is 9.97 Å². The number of hydrogen-bond donors (Lipinski definition) is 1. The molecule has 7 heteroatoms. The van der Waals surface area contributed by atoms with Gasteiger partial charge in [-0.15, -0.1) is 0 Å². The monoisotopic (exact) mass is 443 g/mol. The molecule has 6 nitrogen and oxygen atoms in total. The second-order valence-corrected chi connectivity index (χ2v) is 9.20. The standard InChI is InChI=1S/C25H25N5OS/c1-17-3-4-18(16-31)13-22(17)19-14-23-24(26-15-19)32-25(28-23)27-20-5-7-21(8-6-20)30-11-9-29(2)10-12-30/h3-8,13-16H,9-12H2,1-2H3,(H,27,28). The van der Waals surface area contributed by atoms with Gasteiger partial charge in [0.1, 0.15) is 16.6 Å². The van der Waals surface area contributed by atoms with Gasteiger partial charge in [0.2, 0.25) is 0 Å². The van der Waals surface area contributed by atoms with E-state index in [4.69, 9.17) is 4.98 Å². The Labute approximate surface area is 191 Å². The van der Waals surface area contributed by atoms with Crippen molar-refractivity contribution in [3.05, 3.63) is 65.9 Å². The van der Waals surface area contributed by atoms with Crippen molar-refractivity contribution in [3.8, 4) is 11.1 Å². The van der Waals surface area contributed by atoms with E-state index in [1.807, 2.05) is 37.4 Å². The maximum atomic E-state index is 11.2. The van der Waals surface area contributed by atoms with Crippen molar-refractivity contribution in [2.45, 2.75) is 6.92 Å². The summed E-state index contributed by atoms with van der Waals surface area (Å²) in [6.45, 7) is 6.35. The first kappa shape index (κ1) is 20.6. The number of likely N-dealkylation sites (N-methyl/N-ethyl adjacent to an activating group) is 1. The molecule has 162 valence electrons. The molecule has 0 amide bonds. The van der Waals surface area contributed by atoms with Crippen LogP contribution in [0.15, 0.2) is 54.7 Å². The summed E-state index contributed by atoms with van der Waals surface area (Å²) < 4.78 is 0. The minimum atomic E-state index is 0.659. The van der Waals surface area contributed by atoms with Crippen molar-refractivity contribution in [2.75, 3.05) is 43.4 Å². The summed E-state index contributed by atoms with van der Waals surface area (Å²) in [6.07, 6.45) is 2.72. The van der Waals surface area contributed by atoms with Gasteiger partial charge in [-0.1, -0.05) is 23.5 Å². The van der Waals surface area contributed by atoms with Crippen LogP contribution in [0.2, 0.25) is 0 Å². The fourth-order valence-electron chi connectivity index (χ4n) is 3.99. The molecule has 0 saturated carbocycles. The quantitative estimate of drug-likeness (QED) is 0.439. The Bertz CT molecular complexity index is 1260. The summed E-state index contributed by atoms with van der Waals surface area (Å²) in [5.74, 6) is 0. The Balaban J connectivity index is 1.35. The maximum Gasteiger partial charge on any atom is 0.189 e. The average molecular weight is 444 g/mol. The molecule has 0 spiro atoms. The molecule has 1 aliphatic heterocycles. The lowest BCUT2D eigenvalue weighted by Crippen LogP contribution is -2.44. The number of benzene rings is 2. The Hall–Kier alpha value is -3.29. The molecule has 5 rings (SSSR count). The number of hydrogen-bond acceptors (Lipinski definition) is 7.